The smallest absolute Gasteiger partial charge is 0.243 e. The fourth-order valence-electron chi connectivity index (χ4n) is 2.79. The van der Waals surface area contributed by atoms with Gasteiger partial charge >= 0.3 is 0 Å². The minimum atomic E-state index is -3.61. The van der Waals surface area contributed by atoms with Crippen molar-refractivity contribution < 1.29 is 13.2 Å². The van der Waals surface area contributed by atoms with Crippen molar-refractivity contribution in [2.75, 3.05) is 20.2 Å². The summed E-state index contributed by atoms with van der Waals surface area (Å²) in [7, 11) is -1.98. The van der Waals surface area contributed by atoms with E-state index in [0.29, 0.717) is 30.5 Å². The average Bonchev–Trinajstić information content (AvgIpc) is 2.53. The molecule has 1 aliphatic heterocycles. The third kappa shape index (κ3) is 3.15. The Morgan fingerprint density at radius 2 is 2.23 bits per heavy atom. The minimum absolute atomic E-state index is 0.0442. The number of ether oxygens (including phenoxy) is 1. The lowest BCUT2D eigenvalue weighted by Crippen LogP contribution is -2.51. The van der Waals surface area contributed by atoms with E-state index in [1.54, 1.807) is 26.2 Å². The molecule has 2 N–H and O–H groups in total. The lowest BCUT2D eigenvalue weighted by Gasteiger charge is -2.37. The van der Waals surface area contributed by atoms with Gasteiger partial charge in [-0.3, -0.25) is 0 Å². The van der Waals surface area contributed by atoms with Gasteiger partial charge in [-0.15, -0.1) is 0 Å². The van der Waals surface area contributed by atoms with Gasteiger partial charge in [0.2, 0.25) is 10.0 Å². The summed E-state index contributed by atoms with van der Waals surface area (Å²) >= 11 is 0. The van der Waals surface area contributed by atoms with Crippen LogP contribution in [0, 0.1) is 18.3 Å². The third-order valence-electron chi connectivity index (χ3n) is 4.14. The lowest BCUT2D eigenvalue weighted by molar-refractivity contribution is 0.0401. The molecular formula is C15H21N3O3S. The standard InChI is InChI=1S/C15H21N3O3S/c1-11-7-15(4-3-12(11)9-16)22(19,20)18-6-5-14(21-2)8-13(18)10-17/h3-4,7,13-14H,5-6,8,10,17H2,1-2H3. The van der Waals surface area contributed by atoms with E-state index in [1.807, 2.05) is 6.07 Å². The summed E-state index contributed by atoms with van der Waals surface area (Å²) in [5, 5.41) is 8.96. The summed E-state index contributed by atoms with van der Waals surface area (Å²) in [6.45, 7) is 2.38. The van der Waals surface area contributed by atoms with Gasteiger partial charge in [0, 0.05) is 26.2 Å². The molecular weight excluding hydrogens is 302 g/mol. The Labute approximate surface area is 131 Å². The van der Waals surface area contributed by atoms with Crippen LogP contribution in [-0.2, 0) is 14.8 Å². The van der Waals surface area contributed by atoms with Crippen molar-refractivity contribution in [2.24, 2.45) is 5.73 Å². The zero-order valence-electron chi connectivity index (χ0n) is 12.8. The SMILES string of the molecule is COC1CCN(S(=O)(=O)c2ccc(C#N)c(C)c2)C(CN)C1. The van der Waals surface area contributed by atoms with Gasteiger partial charge in [-0.25, -0.2) is 8.42 Å². The maximum absolute atomic E-state index is 12.9. The van der Waals surface area contributed by atoms with Gasteiger partial charge < -0.3 is 10.5 Å². The molecule has 0 saturated carbocycles. The fourth-order valence-corrected chi connectivity index (χ4v) is 4.54. The molecule has 1 fully saturated rings. The van der Waals surface area contributed by atoms with E-state index >= 15 is 0 Å². The largest absolute Gasteiger partial charge is 0.381 e. The van der Waals surface area contributed by atoms with Crippen LogP contribution in [0.4, 0.5) is 0 Å². The van der Waals surface area contributed by atoms with Gasteiger partial charge in [0.15, 0.2) is 0 Å². The minimum Gasteiger partial charge on any atom is -0.381 e. The first-order valence-corrected chi connectivity index (χ1v) is 8.63. The monoisotopic (exact) mass is 323 g/mol. The highest BCUT2D eigenvalue weighted by Crippen LogP contribution is 2.27. The first kappa shape index (κ1) is 16.9. The van der Waals surface area contributed by atoms with Crippen LogP contribution in [0.25, 0.3) is 0 Å². The highest BCUT2D eigenvalue weighted by Gasteiger charge is 2.36. The van der Waals surface area contributed by atoms with Gasteiger partial charge in [-0.1, -0.05) is 0 Å². The lowest BCUT2D eigenvalue weighted by atomic mass is 10.0. The molecule has 7 heteroatoms. The molecule has 0 aliphatic carbocycles. The summed E-state index contributed by atoms with van der Waals surface area (Å²) in [6, 6.07) is 6.35. The van der Waals surface area contributed by atoms with E-state index in [1.165, 1.54) is 10.4 Å². The van der Waals surface area contributed by atoms with Crippen molar-refractivity contribution in [1.82, 2.24) is 4.31 Å². The molecule has 1 aromatic rings. The molecule has 0 aromatic heterocycles. The number of aryl methyl sites for hydroxylation is 1. The number of nitriles is 1. The van der Waals surface area contributed by atoms with Crippen LogP contribution >= 0.6 is 0 Å². The molecule has 6 nitrogen and oxygen atoms in total. The van der Waals surface area contributed by atoms with Crippen LogP contribution in [0.3, 0.4) is 0 Å². The van der Waals surface area contributed by atoms with E-state index in [9.17, 15) is 8.42 Å². The second-order valence-electron chi connectivity index (χ2n) is 5.48. The summed E-state index contributed by atoms with van der Waals surface area (Å²) in [4.78, 5) is 0.207. The summed E-state index contributed by atoms with van der Waals surface area (Å²) in [5.41, 5.74) is 6.89. The average molecular weight is 323 g/mol. The Hall–Kier alpha value is -1.46. The van der Waals surface area contributed by atoms with Crippen molar-refractivity contribution >= 4 is 10.0 Å². The van der Waals surface area contributed by atoms with Gasteiger partial charge in [0.05, 0.1) is 22.6 Å². The van der Waals surface area contributed by atoms with Crippen molar-refractivity contribution in [2.45, 2.75) is 36.8 Å². The Balaban J connectivity index is 2.33. The van der Waals surface area contributed by atoms with E-state index < -0.39 is 10.0 Å². The van der Waals surface area contributed by atoms with Gasteiger partial charge in [-0.05, 0) is 43.5 Å². The molecule has 0 amide bonds. The van der Waals surface area contributed by atoms with Gasteiger partial charge in [0.1, 0.15) is 0 Å². The van der Waals surface area contributed by atoms with E-state index in [2.05, 4.69) is 0 Å². The Morgan fingerprint density at radius 3 is 2.77 bits per heavy atom. The first-order valence-electron chi connectivity index (χ1n) is 7.19. The molecule has 2 atom stereocenters. The zero-order valence-corrected chi connectivity index (χ0v) is 13.6. The van der Waals surface area contributed by atoms with Gasteiger partial charge in [-0.2, -0.15) is 9.57 Å². The number of nitrogens with zero attached hydrogens (tertiary/aromatic N) is 2. The maximum atomic E-state index is 12.9. The molecule has 2 rings (SSSR count). The summed E-state index contributed by atoms with van der Waals surface area (Å²) in [5.74, 6) is 0. The highest BCUT2D eigenvalue weighted by atomic mass is 32.2. The number of nitrogens with two attached hydrogens (primary N) is 1. The predicted octanol–water partition coefficient (Wildman–Crippen LogP) is 0.994. The number of piperidine rings is 1. The number of benzene rings is 1. The first-order chi connectivity index (χ1) is 10.4. The van der Waals surface area contributed by atoms with Crippen LogP contribution < -0.4 is 5.73 Å². The number of hydrogen-bond donors (Lipinski definition) is 1. The number of methoxy groups -OCH3 is 1. The summed E-state index contributed by atoms with van der Waals surface area (Å²) < 4.78 is 32.5. The molecule has 120 valence electrons. The van der Waals surface area contributed by atoms with Crippen LogP contribution in [0.15, 0.2) is 23.1 Å². The topological polar surface area (TPSA) is 96.4 Å². The van der Waals surface area contributed by atoms with E-state index in [0.717, 1.165) is 0 Å². The van der Waals surface area contributed by atoms with Crippen LogP contribution in [0.1, 0.15) is 24.0 Å². The molecule has 1 saturated heterocycles. The zero-order chi connectivity index (χ0) is 16.3. The quantitative estimate of drug-likeness (QED) is 0.891. The number of hydrogen-bond acceptors (Lipinski definition) is 5. The molecule has 2 unspecified atom stereocenters. The fraction of sp³-hybridized carbons (Fsp3) is 0.533. The highest BCUT2D eigenvalue weighted by molar-refractivity contribution is 7.89. The molecule has 1 heterocycles. The van der Waals surface area contributed by atoms with Crippen molar-refractivity contribution in [3.63, 3.8) is 0 Å². The second kappa shape index (κ2) is 6.75. The molecule has 0 bridgehead atoms. The second-order valence-corrected chi connectivity index (χ2v) is 7.37. The normalized spacial score (nSPS) is 23.2. The molecule has 0 spiro atoms. The predicted molar refractivity (Wildman–Crippen MR) is 82.7 cm³/mol. The Bertz CT molecular complexity index is 682. The van der Waals surface area contributed by atoms with Crippen molar-refractivity contribution in [1.29, 1.82) is 5.26 Å². The van der Waals surface area contributed by atoms with Gasteiger partial charge in [0.25, 0.3) is 0 Å². The maximum Gasteiger partial charge on any atom is 0.243 e. The van der Waals surface area contributed by atoms with Crippen LogP contribution in [0.5, 0.6) is 0 Å². The third-order valence-corrected chi connectivity index (χ3v) is 6.09. The number of rotatable bonds is 4. The van der Waals surface area contributed by atoms with Crippen LogP contribution in [-0.4, -0.2) is 45.1 Å². The van der Waals surface area contributed by atoms with Crippen LogP contribution in [0.2, 0.25) is 0 Å². The van der Waals surface area contributed by atoms with Crippen molar-refractivity contribution in [3.05, 3.63) is 29.3 Å². The Morgan fingerprint density at radius 1 is 1.50 bits per heavy atom. The van der Waals surface area contributed by atoms with E-state index in [-0.39, 0.29) is 23.6 Å². The molecule has 22 heavy (non-hydrogen) atoms. The van der Waals surface area contributed by atoms with Crippen molar-refractivity contribution in [3.8, 4) is 6.07 Å². The number of sulfonamides is 1. The molecule has 1 aromatic carbocycles. The summed E-state index contributed by atoms with van der Waals surface area (Å²) in [6.07, 6.45) is 1.30. The Kier molecular flexibility index (Phi) is 5.19. The van der Waals surface area contributed by atoms with E-state index in [4.69, 9.17) is 15.7 Å². The molecule has 1 aliphatic rings. The molecule has 0 radical (unpaired) electrons.